The minimum Gasteiger partial charge on any atom is -0.497 e. The molecule has 86 valence electrons. The lowest BCUT2D eigenvalue weighted by Crippen LogP contribution is -2.32. The molecule has 16 heavy (non-hydrogen) atoms. The van der Waals surface area contributed by atoms with Crippen molar-refractivity contribution in [3.8, 4) is 11.5 Å². The molecular weight excluding hydrogens is 212 g/mol. The van der Waals surface area contributed by atoms with Gasteiger partial charge in [-0.3, -0.25) is 4.79 Å². The van der Waals surface area contributed by atoms with Crippen molar-refractivity contribution in [3.63, 3.8) is 0 Å². The third-order valence-electron chi connectivity index (χ3n) is 2.65. The van der Waals surface area contributed by atoms with E-state index in [1.165, 1.54) is 7.11 Å². The molecule has 0 amide bonds. The lowest BCUT2D eigenvalue weighted by atomic mass is 9.93. The van der Waals surface area contributed by atoms with Crippen molar-refractivity contribution in [2.75, 3.05) is 13.7 Å². The van der Waals surface area contributed by atoms with Crippen LogP contribution in [-0.2, 0) is 4.79 Å². The molecular formula is C11H12O5. The lowest BCUT2D eigenvalue weighted by molar-refractivity contribution is -0.148. The molecule has 0 saturated heterocycles. The van der Waals surface area contributed by atoms with Crippen LogP contribution in [0, 0.1) is 5.92 Å². The first-order chi connectivity index (χ1) is 7.63. The number of carboxylic acids is 1. The van der Waals surface area contributed by atoms with Gasteiger partial charge in [-0.2, -0.15) is 0 Å². The molecule has 0 radical (unpaired) electrons. The second-order valence-electron chi connectivity index (χ2n) is 3.60. The number of aliphatic carboxylic acids is 1. The summed E-state index contributed by atoms with van der Waals surface area (Å²) in [5.41, 5.74) is 0.456. The van der Waals surface area contributed by atoms with Gasteiger partial charge in [-0.25, -0.2) is 0 Å². The number of aliphatic hydroxyl groups is 1. The molecule has 0 bridgehead atoms. The minimum absolute atomic E-state index is 0.0180. The predicted octanol–water partition coefficient (Wildman–Crippen LogP) is 0.822. The molecule has 2 N–H and O–H groups in total. The van der Waals surface area contributed by atoms with Crippen LogP contribution in [0.15, 0.2) is 18.2 Å². The molecule has 0 aromatic heterocycles. The lowest BCUT2D eigenvalue weighted by Gasteiger charge is -2.27. The Bertz CT molecular complexity index is 415. The number of fused-ring (bicyclic) bond motifs is 1. The maximum Gasteiger partial charge on any atom is 0.313 e. The zero-order valence-corrected chi connectivity index (χ0v) is 8.71. The van der Waals surface area contributed by atoms with E-state index in [0.29, 0.717) is 17.1 Å². The summed E-state index contributed by atoms with van der Waals surface area (Å²) < 4.78 is 10.3. The minimum atomic E-state index is -1.07. The van der Waals surface area contributed by atoms with Crippen LogP contribution < -0.4 is 9.47 Å². The Morgan fingerprint density at radius 3 is 2.94 bits per heavy atom. The van der Waals surface area contributed by atoms with Gasteiger partial charge in [-0.05, 0) is 18.2 Å². The van der Waals surface area contributed by atoms with Crippen LogP contribution in [0.1, 0.15) is 11.7 Å². The van der Waals surface area contributed by atoms with Crippen LogP contribution in [0.2, 0.25) is 0 Å². The maximum atomic E-state index is 10.9. The van der Waals surface area contributed by atoms with Crippen LogP contribution >= 0.6 is 0 Å². The average molecular weight is 224 g/mol. The number of benzene rings is 1. The number of carbonyl (C=O) groups is 1. The van der Waals surface area contributed by atoms with Crippen molar-refractivity contribution >= 4 is 5.97 Å². The number of ether oxygens (including phenoxy) is 2. The molecule has 1 aliphatic rings. The van der Waals surface area contributed by atoms with Crippen molar-refractivity contribution in [1.29, 1.82) is 0 Å². The molecule has 5 heteroatoms. The van der Waals surface area contributed by atoms with E-state index in [9.17, 15) is 9.90 Å². The second kappa shape index (κ2) is 4.02. The Balaban J connectivity index is 2.38. The molecule has 0 aliphatic carbocycles. The van der Waals surface area contributed by atoms with Gasteiger partial charge in [0.1, 0.15) is 24.0 Å². The highest BCUT2D eigenvalue weighted by atomic mass is 16.5. The number of hydrogen-bond acceptors (Lipinski definition) is 4. The van der Waals surface area contributed by atoms with Gasteiger partial charge in [0.25, 0.3) is 0 Å². The Morgan fingerprint density at radius 1 is 1.56 bits per heavy atom. The van der Waals surface area contributed by atoms with E-state index >= 15 is 0 Å². The smallest absolute Gasteiger partial charge is 0.313 e. The fraction of sp³-hybridized carbons (Fsp3) is 0.364. The van der Waals surface area contributed by atoms with E-state index in [1.54, 1.807) is 18.2 Å². The van der Waals surface area contributed by atoms with Gasteiger partial charge in [-0.15, -0.1) is 0 Å². The quantitative estimate of drug-likeness (QED) is 0.777. The summed E-state index contributed by atoms with van der Waals surface area (Å²) in [6.07, 6.45) is -1.06. The Labute approximate surface area is 92.2 Å². The van der Waals surface area contributed by atoms with E-state index in [4.69, 9.17) is 14.6 Å². The summed E-state index contributed by atoms with van der Waals surface area (Å²) in [4.78, 5) is 10.9. The van der Waals surface area contributed by atoms with Gasteiger partial charge in [-0.1, -0.05) is 0 Å². The summed E-state index contributed by atoms with van der Waals surface area (Å²) in [6, 6.07) is 4.96. The van der Waals surface area contributed by atoms with Crippen molar-refractivity contribution in [2.45, 2.75) is 6.10 Å². The van der Waals surface area contributed by atoms with E-state index < -0.39 is 18.0 Å². The zero-order chi connectivity index (χ0) is 11.7. The topological polar surface area (TPSA) is 76.0 Å². The molecule has 0 saturated carbocycles. The zero-order valence-electron chi connectivity index (χ0n) is 8.71. The van der Waals surface area contributed by atoms with Crippen molar-refractivity contribution in [1.82, 2.24) is 0 Å². The summed E-state index contributed by atoms with van der Waals surface area (Å²) in [6.45, 7) is -0.0180. The van der Waals surface area contributed by atoms with E-state index in [1.807, 2.05) is 0 Å². The largest absolute Gasteiger partial charge is 0.497 e. The van der Waals surface area contributed by atoms with Crippen molar-refractivity contribution in [3.05, 3.63) is 23.8 Å². The molecule has 1 aliphatic heterocycles. The molecule has 2 rings (SSSR count). The highest BCUT2D eigenvalue weighted by molar-refractivity contribution is 5.72. The highest BCUT2D eigenvalue weighted by Crippen LogP contribution is 2.37. The monoisotopic (exact) mass is 224 g/mol. The van der Waals surface area contributed by atoms with E-state index in [-0.39, 0.29) is 6.61 Å². The first-order valence-corrected chi connectivity index (χ1v) is 4.85. The summed E-state index contributed by atoms with van der Waals surface area (Å²) in [7, 11) is 1.51. The first-order valence-electron chi connectivity index (χ1n) is 4.85. The van der Waals surface area contributed by atoms with Crippen molar-refractivity contribution < 1.29 is 24.5 Å². The summed E-state index contributed by atoms with van der Waals surface area (Å²) in [5, 5.41) is 18.8. The average Bonchev–Trinajstić information content (AvgIpc) is 2.28. The maximum absolute atomic E-state index is 10.9. The summed E-state index contributed by atoms with van der Waals surface area (Å²) >= 11 is 0. The molecule has 0 spiro atoms. The Morgan fingerprint density at radius 2 is 2.31 bits per heavy atom. The third kappa shape index (κ3) is 1.69. The van der Waals surface area contributed by atoms with Gasteiger partial charge in [0.2, 0.25) is 0 Å². The van der Waals surface area contributed by atoms with Crippen LogP contribution in [0.4, 0.5) is 0 Å². The molecule has 1 heterocycles. The molecule has 2 unspecified atom stereocenters. The first kappa shape index (κ1) is 10.8. The Kier molecular flexibility index (Phi) is 2.70. The molecule has 1 aromatic carbocycles. The van der Waals surface area contributed by atoms with Gasteiger partial charge in [0, 0.05) is 5.56 Å². The summed E-state index contributed by atoms with van der Waals surface area (Å²) in [5.74, 6) is -0.932. The molecule has 5 nitrogen and oxygen atoms in total. The fourth-order valence-electron chi connectivity index (χ4n) is 1.71. The number of methoxy groups -OCH3 is 1. The van der Waals surface area contributed by atoms with E-state index in [2.05, 4.69) is 0 Å². The Hall–Kier alpha value is -1.75. The molecule has 2 atom stereocenters. The van der Waals surface area contributed by atoms with Gasteiger partial charge < -0.3 is 19.7 Å². The van der Waals surface area contributed by atoms with Crippen LogP contribution in [0.5, 0.6) is 11.5 Å². The second-order valence-corrected chi connectivity index (χ2v) is 3.60. The van der Waals surface area contributed by atoms with Crippen LogP contribution in [0.25, 0.3) is 0 Å². The van der Waals surface area contributed by atoms with Gasteiger partial charge in [0.15, 0.2) is 0 Å². The van der Waals surface area contributed by atoms with Gasteiger partial charge in [0.05, 0.1) is 13.2 Å². The molecule has 0 fully saturated rings. The highest BCUT2D eigenvalue weighted by Gasteiger charge is 2.34. The van der Waals surface area contributed by atoms with Crippen molar-refractivity contribution in [2.24, 2.45) is 5.92 Å². The predicted molar refractivity (Wildman–Crippen MR) is 54.6 cm³/mol. The standard InChI is InChI=1S/C11H12O5/c1-15-6-2-3-9-7(4-6)10(12)8(5-16-9)11(13)14/h2-4,8,10,12H,5H2,1H3,(H,13,14). The number of rotatable bonds is 2. The number of carboxylic acid groups (broad SMARTS) is 1. The van der Waals surface area contributed by atoms with Crippen LogP contribution in [-0.4, -0.2) is 29.9 Å². The molecule has 1 aromatic rings. The third-order valence-corrected chi connectivity index (χ3v) is 2.65. The van der Waals surface area contributed by atoms with Crippen LogP contribution in [0.3, 0.4) is 0 Å². The fourth-order valence-corrected chi connectivity index (χ4v) is 1.71. The number of aliphatic hydroxyl groups excluding tert-OH is 1. The SMILES string of the molecule is COc1ccc2c(c1)C(O)C(C(=O)O)CO2. The van der Waals surface area contributed by atoms with E-state index in [0.717, 1.165) is 0 Å². The normalized spacial score (nSPS) is 23.1. The number of hydrogen-bond donors (Lipinski definition) is 2. The van der Waals surface area contributed by atoms with Gasteiger partial charge >= 0.3 is 5.97 Å².